The lowest BCUT2D eigenvalue weighted by atomic mass is 10.2. The summed E-state index contributed by atoms with van der Waals surface area (Å²) >= 11 is 0. The van der Waals surface area contributed by atoms with Crippen molar-refractivity contribution in [3.8, 4) is 0 Å². The highest BCUT2D eigenvalue weighted by molar-refractivity contribution is 5.26. The molecule has 2 nitrogen and oxygen atoms in total. The van der Waals surface area contributed by atoms with Gasteiger partial charge in [0.2, 0.25) is 0 Å². The Hall–Kier alpha value is -0.890. The molecule has 1 aromatic rings. The molecule has 0 saturated heterocycles. The summed E-state index contributed by atoms with van der Waals surface area (Å²) in [6.45, 7) is 12.6. The van der Waals surface area contributed by atoms with E-state index in [4.69, 9.17) is 0 Å². The van der Waals surface area contributed by atoms with Crippen molar-refractivity contribution in [1.29, 1.82) is 0 Å². The zero-order chi connectivity index (χ0) is 11.4. The molecule has 2 rings (SSSR count). The van der Waals surface area contributed by atoms with Crippen LogP contribution in [0.3, 0.4) is 0 Å². The molecular weight excluding hydrogens is 184 g/mol. The highest BCUT2D eigenvalue weighted by Gasteiger charge is 2.21. The monoisotopic (exact) mass is 206 g/mol. The van der Waals surface area contributed by atoms with Gasteiger partial charge in [0.05, 0.1) is 5.69 Å². The Bertz CT molecular complexity index is 318. The number of nitrogens with zero attached hydrogens (tertiary/aromatic N) is 2. The van der Waals surface area contributed by atoms with Crippen molar-refractivity contribution in [2.75, 3.05) is 0 Å². The molecule has 2 heteroatoms. The fourth-order valence-corrected chi connectivity index (χ4v) is 1.75. The van der Waals surface area contributed by atoms with Gasteiger partial charge in [-0.2, -0.15) is 0 Å². The molecule has 15 heavy (non-hydrogen) atoms. The smallest absolute Gasteiger partial charge is 0.0592 e. The minimum Gasteiger partial charge on any atom is -0.291 e. The standard InChI is InChI=1S/C11H16N2.C2H6/c1-8(2)13-6-10-5-4-9(3)12-11(10)7-13;1-2/h4-5,8H,6-7H2,1-3H3;1-2H3. The van der Waals surface area contributed by atoms with Crippen LogP contribution in [-0.2, 0) is 13.1 Å². The van der Waals surface area contributed by atoms with Crippen molar-refractivity contribution >= 4 is 0 Å². The quantitative estimate of drug-likeness (QED) is 0.701. The second kappa shape index (κ2) is 5.26. The highest BCUT2D eigenvalue weighted by Crippen LogP contribution is 2.22. The lowest BCUT2D eigenvalue weighted by Gasteiger charge is -2.18. The first-order valence-corrected chi connectivity index (χ1v) is 5.86. The molecule has 0 aromatic carbocycles. The van der Waals surface area contributed by atoms with Gasteiger partial charge in [-0.1, -0.05) is 19.9 Å². The Morgan fingerprint density at radius 2 is 1.87 bits per heavy atom. The summed E-state index contributed by atoms with van der Waals surface area (Å²) in [5, 5.41) is 0. The molecule has 0 fully saturated rings. The third kappa shape index (κ3) is 2.78. The molecule has 1 aliphatic heterocycles. The van der Waals surface area contributed by atoms with Gasteiger partial charge < -0.3 is 0 Å². The zero-order valence-electron chi connectivity index (χ0n) is 10.5. The summed E-state index contributed by atoms with van der Waals surface area (Å²) in [5.41, 5.74) is 3.80. The predicted molar refractivity (Wildman–Crippen MR) is 64.7 cm³/mol. The molecule has 0 amide bonds. The van der Waals surface area contributed by atoms with Gasteiger partial charge in [0.25, 0.3) is 0 Å². The maximum atomic E-state index is 4.54. The van der Waals surface area contributed by atoms with Gasteiger partial charge in [0.15, 0.2) is 0 Å². The number of aryl methyl sites for hydroxylation is 1. The van der Waals surface area contributed by atoms with Crippen LogP contribution in [0.25, 0.3) is 0 Å². The second-order valence-corrected chi connectivity index (χ2v) is 4.06. The van der Waals surface area contributed by atoms with Crippen molar-refractivity contribution in [3.63, 3.8) is 0 Å². The van der Waals surface area contributed by atoms with Gasteiger partial charge in [-0.3, -0.25) is 9.88 Å². The van der Waals surface area contributed by atoms with Gasteiger partial charge in [0.1, 0.15) is 0 Å². The summed E-state index contributed by atoms with van der Waals surface area (Å²) in [4.78, 5) is 6.99. The number of hydrogen-bond donors (Lipinski definition) is 0. The van der Waals surface area contributed by atoms with Crippen LogP contribution in [0.2, 0.25) is 0 Å². The van der Waals surface area contributed by atoms with Crippen LogP contribution in [-0.4, -0.2) is 15.9 Å². The Labute approximate surface area is 93.3 Å². The SMILES string of the molecule is CC.Cc1ccc2c(n1)CN(C(C)C)C2. The Morgan fingerprint density at radius 3 is 2.47 bits per heavy atom. The van der Waals surface area contributed by atoms with Crippen molar-refractivity contribution in [3.05, 3.63) is 29.1 Å². The van der Waals surface area contributed by atoms with Crippen LogP contribution in [0, 0.1) is 6.92 Å². The van der Waals surface area contributed by atoms with Gasteiger partial charge >= 0.3 is 0 Å². The molecule has 0 radical (unpaired) electrons. The fraction of sp³-hybridized carbons (Fsp3) is 0.615. The molecule has 1 aromatic heterocycles. The van der Waals surface area contributed by atoms with Crippen LogP contribution < -0.4 is 0 Å². The summed E-state index contributed by atoms with van der Waals surface area (Å²) in [6.07, 6.45) is 0. The molecule has 1 aliphatic rings. The van der Waals surface area contributed by atoms with Crippen LogP contribution >= 0.6 is 0 Å². The number of fused-ring (bicyclic) bond motifs is 1. The Balaban J connectivity index is 0.000000531. The second-order valence-electron chi connectivity index (χ2n) is 4.06. The van der Waals surface area contributed by atoms with E-state index in [2.05, 4.69) is 42.8 Å². The molecule has 0 bridgehead atoms. The van der Waals surface area contributed by atoms with Gasteiger partial charge in [-0.05, 0) is 32.4 Å². The Morgan fingerprint density at radius 1 is 1.20 bits per heavy atom. The molecule has 2 heterocycles. The zero-order valence-corrected chi connectivity index (χ0v) is 10.5. The summed E-state index contributed by atoms with van der Waals surface area (Å²) in [6, 6.07) is 4.93. The van der Waals surface area contributed by atoms with Crippen LogP contribution in [0.5, 0.6) is 0 Å². The fourth-order valence-electron chi connectivity index (χ4n) is 1.75. The predicted octanol–water partition coefficient (Wildman–Crippen LogP) is 3.14. The number of rotatable bonds is 1. The average molecular weight is 206 g/mol. The average Bonchev–Trinajstić information content (AvgIpc) is 2.63. The maximum Gasteiger partial charge on any atom is 0.0592 e. The van der Waals surface area contributed by atoms with Crippen molar-refractivity contribution in [2.45, 2.75) is 53.8 Å². The topological polar surface area (TPSA) is 16.1 Å². The molecule has 84 valence electrons. The minimum atomic E-state index is 0.620. The van der Waals surface area contributed by atoms with E-state index in [0.29, 0.717) is 6.04 Å². The third-order valence-electron chi connectivity index (χ3n) is 2.66. The molecular formula is C13H22N2. The number of pyridine rings is 1. The largest absolute Gasteiger partial charge is 0.291 e. The highest BCUT2D eigenvalue weighted by atomic mass is 15.2. The van der Waals surface area contributed by atoms with E-state index in [1.807, 2.05) is 13.8 Å². The van der Waals surface area contributed by atoms with E-state index in [9.17, 15) is 0 Å². The van der Waals surface area contributed by atoms with E-state index in [1.54, 1.807) is 0 Å². The van der Waals surface area contributed by atoms with Gasteiger partial charge in [-0.25, -0.2) is 0 Å². The van der Waals surface area contributed by atoms with E-state index in [0.717, 1.165) is 18.8 Å². The molecule has 0 unspecified atom stereocenters. The number of hydrogen-bond acceptors (Lipinski definition) is 2. The molecule has 0 saturated carbocycles. The van der Waals surface area contributed by atoms with Gasteiger partial charge in [0, 0.05) is 24.8 Å². The first-order chi connectivity index (χ1) is 7.16. The molecule has 0 aliphatic carbocycles. The van der Waals surface area contributed by atoms with Gasteiger partial charge in [-0.15, -0.1) is 0 Å². The lowest BCUT2D eigenvalue weighted by molar-refractivity contribution is 0.226. The van der Waals surface area contributed by atoms with Crippen LogP contribution in [0.1, 0.15) is 44.6 Å². The Kier molecular flexibility index (Phi) is 4.28. The first kappa shape index (κ1) is 12.2. The summed E-state index contributed by atoms with van der Waals surface area (Å²) in [7, 11) is 0. The van der Waals surface area contributed by atoms with E-state index < -0.39 is 0 Å². The normalized spacial score (nSPS) is 14.8. The molecule has 0 spiro atoms. The van der Waals surface area contributed by atoms with E-state index in [-0.39, 0.29) is 0 Å². The van der Waals surface area contributed by atoms with Crippen molar-refractivity contribution < 1.29 is 0 Å². The first-order valence-electron chi connectivity index (χ1n) is 5.86. The minimum absolute atomic E-state index is 0.620. The van der Waals surface area contributed by atoms with Crippen molar-refractivity contribution in [1.82, 2.24) is 9.88 Å². The van der Waals surface area contributed by atoms with Crippen LogP contribution in [0.15, 0.2) is 12.1 Å². The maximum absolute atomic E-state index is 4.54. The van der Waals surface area contributed by atoms with Crippen molar-refractivity contribution in [2.24, 2.45) is 0 Å². The summed E-state index contributed by atoms with van der Waals surface area (Å²) < 4.78 is 0. The summed E-state index contributed by atoms with van der Waals surface area (Å²) in [5.74, 6) is 0. The van der Waals surface area contributed by atoms with E-state index in [1.165, 1.54) is 11.3 Å². The molecule has 0 atom stereocenters. The number of aromatic nitrogens is 1. The lowest BCUT2D eigenvalue weighted by Crippen LogP contribution is -2.24. The molecule has 0 N–H and O–H groups in total. The third-order valence-corrected chi connectivity index (χ3v) is 2.66. The van der Waals surface area contributed by atoms with Crippen LogP contribution in [0.4, 0.5) is 0 Å². The van der Waals surface area contributed by atoms with E-state index >= 15 is 0 Å².